The summed E-state index contributed by atoms with van der Waals surface area (Å²) >= 11 is 3.36. The third kappa shape index (κ3) is 2.66. The van der Waals surface area contributed by atoms with Crippen molar-refractivity contribution in [2.24, 2.45) is 5.73 Å². The highest BCUT2D eigenvalue weighted by molar-refractivity contribution is 9.10. The van der Waals surface area contributed by atoms with Gasteiger partial charge < -0.3 is 20.8 Å². The molecule has 0 aliphatic carbocycles. The van der Waals surface area contributed by atoms with Crippen LogP contribution in [0.5, 0.6) is 0 Å². The number of nitrogens with one attached hydrogen (secondary N) is 2. The van der Waals surface area contributed by atoms with Gasteiger partial charge in [0.2, 0.25) is 11.7 Å². The monoisotopic (exact) mass is 351 g/mol. The molecule has 2 amide bonds. The van der Waals surface area contributed by atoms with E-state index in [4.69, 9.17) is 10.2 Å². The molecular formula is C14H14BrN3O3. The summed E-state index contributed by atoms with van der Waals surface area (Å²) in [6.07, 6.45) is 1.73. The first kappa shape index (κ1) is 14.1. The Morgan fingerprint density at radius 3 is 2.90 bits per heavy atom. The molecule has 1 unspecified atom stereocenters. The number of rotatable bonds is 3. The van der Waals surface area contributed by atoms with E-state index < -0.39 is 5.91 Å². The highest BCUT2D eigenvalue weighted by Gasteiger charge is 2.26. The summed E-state index contributed by atoms with van der Waals surface area (Å²) < 4.78 is 6.27. The van der Waals surface area contributed by atoms with Gasteiger partial charge in [-0.2, -0.15) is 0 Å². The summed E-state index contributed by atoms with van der Waals surface area (Å²) in [6, 6.07) is 5.04. The largest absolute Gasteiger partial charge is 0.449 e. The zero-order valence-electron chi connectivity index (χ0n) is 11.1. The lowest BCUT2D eigenvalue weighted by Crippen LogP contribution is -2.35. The Bertz CT molecular complexity index is 720. The number of carbonyl (C=O) groups is 2. The van der Waals surface area contributed by atoms with Gasteiger partial charge in [0.1, 0.15) is 11.3 Å². The maximum absolute atomic E-state index is 12.2. The van der Waals surface area contributed by atoms with E-state index >= 15 is 0 Å². The van der Waals surface area contributed by atoms with Gasteiger partial charge in [-0.3, -0.25) is 9.59 Å². The highest BCUT2D eigenvalue weighted by atomic mass is 79.9. The van der Waals surface area contributed by atoms with Gasteiger partial charge in [-0.15, -0.1) is 0 Å². The first-order chi connectivity index (χ1) is 10.1. The van der Waals surface area contributed by atoms with Gasteiger partial charge in [-0.25, -0.2) is 0 Å². The number of amides is 2. The van der Waals surface area contributed by atoms with Crippen molar-refractivity contribution in [3.05, 3.63) is 28.4 Å². The van der Waals surface area contributed by atoms with Gasteiger partial charge in [-0.05, 0) is 37.6 Å². The zero-order valence-corrected chi connectivity index (χ0v) is 12.7. The molecule has 110 valence electrons. The Balaban J connectivity index is 2.02. The molecule has 2 aromatic rings. The molecule has 1 aliphatic heterocycles. The fourth-order valence-electron chi connectivity index (χ4n) is 2.49. The quantitative estimate of drug-likeness (QED) is 0.787. The predicted octanol–water partition coefficient (Wildman–Crippen LogP) is 1.98. The first-order valence-corrected chi connectivity index (χ1v) is 7.41. The molecule has 0 saturated carbocycles. The molecule has 3 rings (SSSR count). The number of anilines is 1. The van der Waals surface area contributed by atoms with E-state index in [-0.39, 0.29) is 17.7 Å². The second-order valence-corrected chi connectivity index (χ2v) is 5.86. The number of nitrogens with two attached hydrogens (primary N) is 1. The van der Waals surface area contributed by atoms with Gasteiger partial charge in [-0.1, -0.05) is 15.9 Å². The SMILES string of the molecule is NC(=O)c1oc2ccc(Br)cc2c1NC(=O)C1CCCN1. The molecule has 1 aromatic heterocycles. The Morgan fingerprint density at radius 1 is 1.43 bits per heavy atom. The third-order valence-corrected chi connectivity index (χ3v) is 3.99. The Kier molecular flexibility index (Phi) is 3.69. The maximum atomic E-state index is 12.2. The average Bonchev–Trinajstić information content (AvgIpc) is 3.07. The number of fused-ring (bicyclic) bond motifs is 1. The van der Waals surface area contributed by atoms with Crippen LogP contribution in [0.1, 0.15) is 23.4 Å². The van der Waals surface area contributed by atoms with Crippen LogP contribution < -0.4 is 16.4 Å². The minimum atomic E-state index is -0.711. The zero-order chi connectivity index (χ0) is 15.0. The van der Waals surface area contributed by atoms with Crippen LogP contribution >= 0.6 is 15.9 Å². The minimum absolute atomic E-state index is 0.0329. The van der Waals surface area contributed by atoms with Crippen molar-refractivity contribution in [2.45, 2.75) is 18.9 Å². The van der Waals surface area contributed by atoms with Gasteiger partial charge in [0.05, 0.1) is 6.04 Å². The van der Waals surface area contributed by atoms with Crippen molar-refractivity contribution in [3.8, 4) is 0 Å². The second kappa shape index (κ2) is 5.50. The Hall–Kier alpha value is -1.86. The van der Waals surface area contributed by atoms with E-state index in [2.05, 4.69) is 26.6 Å². The van der Waals surface area contributed by atoms with E-state index in [1.54, 1.807) is 18.2 Å². The molecule has 1 saturated heterocycles. The Morgan fingerprint density at radius 2 is 2.24 bits per heavy atom. The third-order valence-electron chi connectivity index (χ3n) is 3.50. The van der Waals surface area contributed by atoms with Crippen molar-refractivity contribution in [3.63, 3.8) is 0 Å². The summed E-state index contributed by atoms with van der Waals surface area (Å²) in [4.78, 5) is 23.8. The average molecular weight is 352 g/mol. The van der Waals surface area contributed by atoms with E-state index in [9.17, 15) is 9.59 Å². The smallest absolute Gasteiger partial charge is 0.286 e. The molecular weight excluding hydrogens is 338 g/mol. The van der Waals surface area contributed by atoms with Gasteiger partial charge >= 0.3 is 0 Å². The number of primary amides is 1. The minimum Gasteiger partial charge on any atom is -0.449 e. The molecule has 1 aromatic carbocycles. The maximum Gasteiger partial charge on any atom is 0.286 e. The molecule has 4 N–H and O–H groups in total. The molecule has 0 bridgehead atoms. The summed E-state index contributed by atoms with van der Waals surface area (Å²) in [5, 5.41) is 6.52. The van der Waals surface area contributed by atoms with Crippen molar-refractivity contribution >= 4 is 44.4 Å². The fraction of sp³-hybridized carbons (Fsp3) is 0.286. The molecule has 1 aliphatic rings. The predicted molar refractivity (Wildman–Crippen MR) is 82.1 cm³/mol. The van der Waals surface area contributed by atoms with Crippen molar-refractivity contribution in [2.75, 3.05) is 11.9 Å². The molecule has 6 nitrogen and oxygen atoms in total. The molecule has 7 heteroatoms. The number of furan rings is 1. The summed E-state index contributed by atoms with van der Waals surface area (Å²) in [7, 11) is 0. The standard InChI is InChI=1S/C14H14BrN3O3/c15-7-3-4-10-8(6-7)11(12(21-10)13(16)19)18-14(20)9-2-1-5-17-9/h3-4,6,9,17H,1-2,5H2,(H2,16,19)(H,18,20). The number of halogens is 1. The Labute approximate surface area is 129 Å². The molecule has 21 heavy (non-hydrogen) atoms. The number of carbonyl (C=O) groups excluding carboxylic acids is 2. The van der Waals surface area contributed by atoms with E-state index in [0.29, 0.717) is 16.7 Å². The van der Waals surface area contributed by atoms with Crippen LogP contribution in [0.4, 0.5) is 5.69 Å². The van der Waals surface area contributed by atoms with E-state index in [0.717, 1.165) is 23.9 Å². The fourth-order valence-corrected chi connectivity index (χ4v) is 2.85. The van der Waals surface area contributed by atoms with Crippen LogP contribution in [0.3, 0.4) is 0 Å². The summed E-state index contributed by atoms with van der Waals surface area (Å²) in [5.74, 6) is -0.927. The number of hydrogen-bond donors (Lipinski definition) is 3. The van der Waals surface area contributed by atoms with Crippen molar-refractivity contribution < 1.29 is 14.0 Å². The van der Waals surface area contributed by atoms with Crippen molar-refractivity contribution in [1.82, 2.24) is 5.32 Å². The van der Waals surface area contributed by atoms with Crippen LogP contribution in [0.15, 0.2) is 27.1 Å². The van der Waals surface area contributed by atoms with Gasteiger partial charge in [0.25, 0.3) is 5.91 Å². The summed E-state index contributed by atoms with van der Waals surface area (Å²) in [5.41, 5.74) is 6.17. The van der Waals surface area contributed by atoms with Crippen LogP contribution in [0, 0.1) is 0 Å². The van der Waals surface area contributed by atoms with Gasteiger partial charge in [0, 0.05) is 9.86 Å². The molecule has 0 radical (unpaired) electrons. The van der Waals surface area contributed by atoms with Crippen LogP contribution in [0.2, 0.25) is 0 Å². The highest BCUT2D eigenvalue weighted by Crippen LogP contribution is 2.33. The topological polar surface area (TPSA) is 97.4 Å². The van der Waals surface area contributed by atoms with Crippen LogP contribution in [-0.4, -0.2) is 24.4 Å². The van der Waals surface area contributed by atoms with E-state index in [1.165, 1.54) is 0 Å². The molecule has 1 fully saturated rings. The number of benzene rings is 1. The second-order valence-electron chi connectivity index (χ2n) is 4.95. The molecule has 1 atom stereocenters. The first-order valence-electron chi connectivity index (χ1n) is 6.62. The normalized spacial score (nSPS) is 18.0. The van der Waals surface area contributed by atoms with Crippen LogP contribution in [0.25, 0.3) is 11.0 Å². The van der Waals surface area contributed by atoms with Crippen LogP contribution in [-0.2, 0) is 4.79 Å². The van der Waals surface area contributed by atoms with E-state index in [1.807, 2.05) is 0 Å². The lowest BCUT2D eigenvalue weighted by atomic mass is 10.2. The lowest BCUT2D eigenvalue weighted by molar-refractivity contribution is -0.117. The lowest BCUT2D eigenvalue weighted by Gasteiger charge is -2.10. The molecule has 0 spiro atoms. The summed E-state index contributed by atoms with van der Waals surface area (Å²) in [6.45, 7) is 0.818. The van der Waals surface area contributed by atoms with Crippen molar-refractivity contribution in [1.29, 1.82) is 0 Å². The molecule has 2 heterocycles. The number of hydrogen-bond acceptors (Lipinski definition) is 4. The van der Waals surface area contributed by atoms with Gasteiger partial charge in [0.15, 0.2) is 0 Å².